The molecule has 0 amide bonds. The molecule has 184 valence electrons. The maximum atomic E-state index is 5.45. The molecule has 0 fully saturated rings. The molecule has 0 aliphatic carbocycles. The first-order valence-corrected chi connectivity index (χ1v) is 11.9. The van der Waals surface area contributed by atoms with Crippen molar-refractivity contribution in [3.63, 3.8) is 0 Å². The van der Waals surface area contributed by atoms with Crippen LogP contribution in [0, 0.1) is 5.92 Å². The van der Waals surface area contributed by atoms with Crippen molar-refractivity contribution in [3.8, 4) is 11.5 Å². The van der Waals surface area contributed by atoms with Crippen molar-refractivity contribution < 1.29 is 9.47 Å². The fourth-order valence-corrected chi connectivity index (χ4v) is 3.59. The molecule has 0 unspecified atom stereocenters. The van der Waals surface area contributed by atoms with Crippen LogP contribution in [0.4, 0.5) is 5.69 Å². The van der Waals surface area contributed by atoms with Gasteiger partial charge in [0.25, 0.3) is 0 Å². The van der Waals surface area contributed by atoms with Gasteiger partial charge < -0.3 is 25.0 Å². The fraction of sp³-hybridized carbons (Fsp3) is 0.500. The number of rotatable bonds is 13. The summed E-state index contributed by atoms with van der Waals surface area (Å²) in [5.74, 6) is 2.23. The third-order valence-electron chi connectivity index (χ3n) is 5.34. The lowest BCUT2D eigenvalue weighted by atomic mass is 10.1. The van der Waals surface area contributed by atoms with Crippen LogP contribution in [0.15, 0.2) is 55.1 Å². The highest BCUT2D eigenvalue weighted by Crippen LogP contribution is 2.32. The zero-order chi connectivity index (χ0) is 24.6. The number of hydrogen-bond acceptors (Lipinski definition) is 5. The smallest absolute Gasteiger partial charge is 0.162 e. The summed E-state index contributed by atoms with van der Waals surface area (Å²) in [6, 6.07) is 15.1. The summed E-state index contributed by atoms with van der Waals surface area (Å²) in [6.07, 6.45) is 3.83. The standard InChI is InChI=1S/C24H36N2O2.C4H9N/c1-7-26(22-12-13-23(27-5)24(16-22)28-6)18-21-10-8-20(9-11-21)14-15-25(4)17-19(2)3;1-2-3-4-5/h8-13,16,19H,7,14-15,17-18H2,1-6H3;2H,1,3-5H2. The molecular weight excluding hydrogens is 410 g/mol. The summed E-state index contributed by atoms with van der Waals surface area (Å²) in [6.45, 7) is 15.0. The number of ether oxygens (including phenoxy) is 2. The average molecular weight is 456 g/mol. The van der Waals surface area contributed by atoms with Gasteiger partial charge in [-0.3, -0.25) is 0 Å². The highest BCUT2D eigenvalue weighted by Gasteiger charge is 2.10. The van der Waals surface area contributed by atoms with Crippen molar-refractivity contribution in [2.45, 2.75) is 40.2 Å². The van der Waals surface area contributed by atoms with Crippen molar-refractivity contribution in [2.24, 2.45) is 11.7 Å². The minimum absolute atomic E-state index is 0.712. The zero-order valence-electron chi connectivity index (χ0n) is 21.6. The van der Waals surface area contributed by atoms with Crippen LogP contribution in [0.3, 0.4) is 0 Å². The SMILES string of the molecule is C=CCCN.CCN(Cc1ccc(CCN(C)CC(C)C)cc1)c1ccc(OC)c(OC)c1. The van der Waals surface area contributed by atoms with Gasteiger partial charge >= 0.3 is 0 Å². The van der Waals surface area contributed by atoms with Crippen molar-refractivity contribution in [1.82, 2.24) is 4.90 Å². The zero-order valence-corrected chi connectivity index (χ0v) is 21.6. The Hall–Kier alpha value is -2.50. The molecule has 2 aromatic carbocycles. The predicted molar refractivity (Wildman–Crippen MR) is 143 cm³/mol. The molecule has 0 atom stereocenters. The third-order valence-corrected chi connectivity index (χ3v) is 5.34. The van der Waals surface area contributed by atoms with E-state index in [0.717, 1.165) is 62.8 Å². The molecule has 0 saturated heterocycles. The maximum Gasteiger partial charge on any atom is 0.162 e. The quantitative estimate of drug-likeness (QED) is 0.411. The number of likely N-dealkylation sites (N-methyl/N-ethyl adjacent to an activating group) is 1. The predicted octanol–water partition coefficient (Wildman–Crippen LogP) is 5.38. The average Bonchev–Trinajstić information content (AvgIpc) is 2.82. The number of nitrogens with two attached hydrogens (primary N) is 1. The second-order valence-corrected chi connectivity index (χ2v) is 8.64. The van der Waals surface area contributed by atoms with Gasteiger partial charge in [-0.25, -0.2) is 0 Å². The number of hydrogen-bond donors (Lipinski definition) is 1. The Bertz CT molecular complexity index is 790. The monoisotopic (exact) mass is 455 g/mol. The highest BCUT2D eigenvalue weighted by molar-refractivity contribution is 5.56. The molecule has 0 bridgehead atoms. The van der Waals surface area contributed by atoms with E-state index in [1.807, 2.05) is 12.1 Å². The van der Waals surface area contributed by atoms with E-state index in [1.165, 1.54) is 11.1 Å². The largest absolute Gasteiger partial charge is 0.493 e. The summed E-state index contributed by atoms with van der Waals surface area (Å²) in [7, 11) is 5.54. The van der Waals surface area contributed by atoms with Crippen LogP contribution in [0.25, 0.3) is 0 Å². The molecule has 0 radical (unpaired) electrons. The second-order valence-electron chi connectivity index (χ2n) is 8.64. The third kappa shape index (κ3) is 10.8. The van der Waals surface area contributed by atoms with Gasteiger partial charge in [-0.05, 0) is 62.5 Å². The maximum absolute atomic E-state index is 5.45. The summed E-state index contributed by atoms with van der Waals surface area (Å²) >= 11 is 0. The van der Waals surface area contributed by atoms with Crippen molar-refractivity contribution in [3.05, 3.63) is 66.2 Å². The number of nitrogens with zero attached hydrogens (tertiary/aromatic N) is 2. The van der Waals surface area contributed by atoms with E-state index in [4.69, 9.17) is 15.2 Å². The van der Waals surface area contributed by atoms with Crippen LogP contribution >= 0.6 is 0 Å². The van der Waals surface area contributed by atoms with E-state index in [0.29, 0.717) is 5.92 Å². The van der Waals surface area contributed by atoms with Crippen LogP contribution in [0.5, 0.6) is 11.5 Å². The molecule has 5 nitrogen and oxygen atoms in total. The molecule has 5 heteroatoms. The van der Waals surface area contributed by atoms with Crippen molar-refractivity contribution in [2.75, 3.05) is 52.3 Å². The lowest BCUT2D eigenvalue weighted by Crippen LogP contribution is -2.25. The van der Waals surface area contributed by atoms with E-state index < -0.39 is 0 Å². The molecule has 0 aromatic heterocycles. The van der Waals surface area contributed by atoms with Gasteiger partial charge in [-0.1, -0.05) is 44.2 Å². The first-order valence-electron chi connectivity index (χ1n) is 11.9. The Morgan fingerprint density at radius 3 is 2.12 bits per heavy atom. The Kier molecular flexibility index (Phi) is 14.0. The minimum atomic E-state index is 0.712. The van der Waals surface area contributed by atoms with Gasteiger partial charge in [0.1, 0.15) is 0 Å². The van der Waals surface area contributed by atoms with Gasteiger partial charge in [0.15, 0.2) is 11.5 Å². The van der Waals surface area contributed by atoms with Gasteiger partial charge in [0.05, 0.1) is 14.2 Å². The Morgan fingerprint density at radius 2 is 1.64 bits per heavy atom. The van der Waals surface area contributed by atoms with Crippen LogP contribution < -0.4 is 20.1 Å². The topological polar surface area (TPSA) is 51.0 Å². The van der Waals surface area contributed by atoms with E-state index in [2.05, 4.69) is 74.5 Å². The number of anilines is 1. The summed E-state index contributed by atoms with van der Waals surface area (Å²) in [5.41, 5.74) is 8.92. The van der Waals surface area contributed by atoms with E-state index in [9.17, 15) is 0 Å². The van der Waals surface area contributed by atoms with Crippen molar-refractivity contribution >= 4 is 5.69 Å². The molecular formula is C28H45N3O2. The molecule has 0 saturated carbocycles. The molecule has 0 aliphatic heterocycles. The lowest BCUT2D eigenvalue weighted by molar-refractivity contribution is 0.299. The summed E-state index contributed by atoms with van der Waals surface area (Å²) < 4.78 is 10.8. The summed E-state index contributed by atoms with van der Waals surface area (Å²) in [4.78, 5) is 4.75. The minimum Gasteiger partial charge on any atom is -0.493 e. The van der Waals surface area contributed by atoms with E-state index in [-0.39, 0.29) is 0 Å². The van der Waals surface area contributed by atoms with Gasteiger partial charge in [-0.15, -0.1) is 6.58 Å². The fourth-order valence-electron chi connectivity index (χ4n) is 3.59. The van der Waals surface area contributed by atoms with Gasteiger partial charge in [0.2, 0.25) is 0 Å². The van der Waals surface area contributed by atoms with E-state index in [1.54, 1.807) is 20.3 Å². The first-order chi connectivity index (χ1) is 15.9. The summed E-state index contributed by atoms with van der Waals surface area (Å²) in [5, 5.41) is 0. The Morgan fingerprint density at radius 1 is 1.00 bits per heavy atom. The van der Waals surface area contributed by atoms with Crippen LogP contribution in [-0.2, 0) is 13.0 Å². The number of benzene rings is 2. The van der Waals surface area contributed by atoms with Gasteiger partial charge in [0, 0.05) is 37.9 Å². The Balaban J connectivity index is 0.000000981. The lowest BCUT2D eigenvalue weighted by Gasteiger charge is -2.24. The molecule has 2 N–H and O–H groups in total. The van der Waals surface area contributed by atoms with Crippen LogP contribution in [0.1, 0.15) is 38.3 Å². The molecule has 0 heterocycles. The Labute approximate surface area is 202 Å². The van der Waals surface area contributed by atoms with Gasteiger partial charge in [-0.2, -0.15) is 0 Å². The van der Waals surface area contributed by atoms with E-state index >= 15 is 0 Å². The van der Waals surface area contributed by atoms with Crippen LogP contribution in [0.2, 0.25) is 0 Å². The second kappa shape index (κ2) is 16.2. The first kappa shape index (κ1) is 28.5. The highest BCUT2D eigenvalue weighted by atomic mass is 16.5. The van der Waals surface area contributed by atoms with Crippen LogP contribution in [-0.4, -0.2) is 52.3 Å². The number of methoxy groups -OCH3 is 2. The van der Waals surface area contributed by atoms with Crippen molar-refractivity contribution in [1.29, 1.82) is 0 Å². The molecule has 33 heavy (non-hydrogen) atoms. The molecule has 2 rings (SSSR count). The molecule has 0 spiro atoms. The molecule has 2 aromatic rings. The normalized spacial score (nSPS) is 10.6. The molecule has 0 aliphatic rings.